The number of primary amides is 1. The van der Waals surface area contributed by atoms with Gasteiger partial charge in [-0.2, -0.15) is 0 Å². The fourth-order valence-corrected chi connectivity index (χ4v) is 1.78. The number of aromatic nitrogens is 4. The minimum Gasteiger partial charge on any atom is -0.438 e. The SMILES string of the molecule is NC(=O)c1cncnc1Oc1ccc(-n2ccnc2)cc1. The van der Waals surface area contributed by atoms with Crippen molar-refractivity contribution in [3.05, 3.63) is 61.1 Å². The number of benzene rings is 1. The summed E-state index contributed by atoms with van der Waals surface area (Å²) in [7, 11) is 0. The zero-order valence-corrected chi connectivity index (χ0v) is 10.9. The Bertz CT molecular complexity index is 753. The lowest BCUT2D eigenvalue weighted by Gasteiger charge is -2.08. The average Bonchev–Trinajstić information content (AvgIpc) is 3.03. The summed E-state index contributed by atoms with van der Waals surface area (Å²) in [5, 5.41) is 0. The van der Waals surface area contributed by atoms with Gasteiger partial charge in [0.05, 0.1) is 6.33 Å². The van der Waals surface area contributed by atoms with E-state index >= 15 is 0 Å². The van der Waals surface area contributed by atoms with Crippen LogP contribution in [-0.2, 0) is 0 Å². The number of rotatable bonds is 4. The molecule has 0 aliphatic rings. The Morgan fingerprint density at radius 2 is 2.00 bits per heavy atom. The largest absolute Gasteiger partial charge is 0.438 e. The topological polar surface area (TPSA) is 95.9 Å². The van der Waals surface area contributed by atoms with Crippen molar-refractivity contribution >= 4 is 5.91 Å². The van der Waals surface area contributed by atoms with Gasteiger partial charge in [0.2, 0.25) is 5.88 Å². The zero-order valence-electron chi connectivity index (χ0n) is 10.9. The van der Waals surface area contributed by atoms with E-state index in [4.69, 9.17) is 10.5 Å². The van der Waals surface area contributed by atoms with Crippen LogP contribution in [0.3, 0.4) is 0 Å². The lowest BCUT2D eigenvalue weighted by atomic mass is 10.3. The minimum absolute atomic E-state index is 0.132. The van der Waals surface area contributed by atoms with Crippen LogP contribution in [-0.4, -0.2) is 25.4 Å². The normalized spacial score (nSPS) is 10.3. The molecule has 2 aromatic heterocycles. The summed E-state index contributed by atoms with van der Waals surface area (Å²) in [5.74, 6) is 0.0357. The molecule has 3 rings (SSSR count). The van der Waals surface area contributed by atoms with Gasteiger partial charge in [-0.15, -0.1) is 0 Å². The smallest absolute Gasteiger partial charge is 0.255 e. The van der Waals surface area contributed by atoms with Gasteiger partial charge >= 0.3 is 0 Å². The third-order valence-corrected chi connectivity index (χ3v) is 2.79. The summed E-state index contributed by atoms with van der Waals surface area (Å²) in [6, 6.07) is 7.26. The molecule has 21 heavy (non-hydrogen) atoms. The summed E-state index contributed by atoms with van der Waals surface area (Å²) < 4.78 is 7.43. The fourth-order valence-electron chi connectivity index (χ4n) is 1.78. The van der Waals surface area contributed by atoms with Crippen molar-refractivity contribution < 1.29 is 9.53 Å². The number of amides is 1. The summed E-state index contributed by atoms with van der Waals surface area (Å²) in [5.41, 5.74) is 6.32. The van der Waals surface area contributed by atoms with Crippen molar-refractivity contribution in [3.8, 4) is 17.3 Å². The molecule has 7 heteroatoms. The molecule has 0 spiro atoms. The van der Waals surface area contributed by atoms with Crippen LogP contribution in [0.15, 0.2) is 55.5 Å². The highest BCUT2D eigenvalue weighted by molar-refractivity contribution is 5.94. The van der Waals surface area contributed by atoms with E-state index in [1.165, 1.54) is 12.5 Å². The number of carbonyl (C=O) groups is 1. The number of imidazole rings is 1. The van der Waals surface area contributed by atoms with Crippen molar-refractivity contribution in [2.45, 2.75) is 0 Å². The van der Waals surface area contributed by atoms with Crippen molar-refractivity contribution in [1.82, 2.24) is 19.5 Å². The van der Waals surface area contributed by atoms with Gasteiger partial charge in [0.1, 0.15) is 17.6 Å². The lowest BCUT2D eigenvalue weighted by molar-refractivity contribution is 0.0997. The minimum atomic E-state index is -0.638. The molecule has 2 heterocycles. The maximum absolute atomic E-state index is 11.3. The summed E-state index contributed by atoms with van der Waals surface area (Å²) in [6.45, 7) is 0. The van der Waals surface area contributed by atoms with Crippen LogP contribution in [0.4, 0.5) is 0 Å². The molecule has 0 saturated carbocycles. The Kier molecular flexibility index (Phi) is 3.30. The molecule has 0 aliphatic heterocycles. The molecular weight excluding hydrogens is 270 g/mol. The van der Waals surface area contributed by atoms with Gasteiger partial charge in [0, 0.05) is 24.3 Å². The Morgan fingerprint density at radius 1 is 1.19 bits per heavy atom. The predicted octanol–water partition coefficient (Wildman–Crippen LogP) is 1.55. The van der Waals surface area contributed by atoms with Crippen LogP contribution in [0.5, 0.6) is 11.6 Å². The third kappa shape index (κ3) is 2.71. The molecule has 0 unspecified atom stereocenters. The van der Waals surface area contributed by atoms with E-state index in [9.17, 15) is 4.79 Å². The van der Waals surface area contributed by atoms with E-state index in [0.29, 0.717) is 5.75 Å². The molecule has 7 nitrogen and oxygen atoms in total. The number of hydrogen-bond acceptors (Lipinski definition) is 5. The van der Waals surface area contributed by atoms with Gasteiger partial charge < -0.3 is 15.0 Å². The van der Waals surface area contributed by atoms with Crippen LogP contribution in [0, 0.1) is 0 Å². The third-order valence-electron chi connectivity index (χ3n) is 2.79. The number of carbonyl (C=O) groups excluding carboxylic acids is 1. The van der Waals surface area contributed by atoms with Gasteiger partial charge in [-0.3, -0.25) is 4.79 Å². The predicted molar refractivity (Wildman–Crippen MR) is 74.2 cm³/mol. The van der Waals surface area contributed by atoms with Crippen molar-refractivity contribution in [2.24, 2.45) is 5.73 Å². The molecule has 0 atom stereocenters. The Balaban J connectivity index is 1.84. The fraction of sp³-hybridized carbons (Fsp3) is 0. The summed E-state index contributed by atoms with van der Waals surface area (Å²) in [6.07, 6.45) is 7.85. The molecular formula is C14H11N5O2. The first-order chi connectivity index (χ1) is 10.2. The van der Waals surface area contributed by atoms with E-state index in [1.807, 2.05) is 22.9 Å². The molecule has 1 aromatic carbocycles. The van der Waals surface area contributed by atoms with Gasteiger partial charge in [-0.05, 0) is 24.3 Å². The Labute approximate surface area is 120 Å². The van der Waals surface area contributed by atoms with Crippen molar-refractivity contribution in [1.29, 1.82) is 0 Å². The van der Waals surface area contributed by atoms with Crippen LogP contribution >= 0.6 is 0 Å². The molecule has 1 amide bonds. The van der Waals surface area contributed by atoms with Gasteiger partial charge in [0.25, 0.3) is 5.91 Å². The summed E-state index contributed by atoms with van der Waals surface area (Å²) in [4.78, 5) is 22.9. The quantitative estimate of drug-likeness (QED) is 0.782. The van der Waals surface area contributed by atoms with E-state index in [2.05, 4.69) is 15.0 Å². The summed E-state index contributed by atoms with van der Waals surface area (Å²) >= 11 is 0. The Morgan fingerprint density at radius 3 is 2.67 bits per heavy atom. The molecule has 3 aromatic rings. The number of ether oxygens (including phenoxy) is 1. The average molecular weight is 281 g/mol. The van der Waals surface area contributed by atoms with Crippen LogP contribution in [0.1, 0.15) is 10.4 Å². The number of nitrogens with two attached hydrogens (primary N) is 1. The van der Waals surface area contributed by atoms with Gasteiger partial charge in [-0.1, -0.05) is 0 Å². The second kappa shape index (κ2) is 5.41. The van der Waals surface area contributed by atoms with Crippen molar-refractivity contribution in [3.63, 3.8) is 0 Å². The highest BCUT2D eigenvalue weighted by Crippen LogP contribution is 2.23. The van der Waals surface area contributed by atoms with E-state index < -0.39 is 5.91 Å². The van der Waals surface area contributed by atoms with Crippen LogP contribution < -0.4 is 10.5 Å². The maximum atomic E-state index is 11.3. The maximum Gasteiger partial charge on any atom is 0.255 e. The molecule has 0 fully saturated rings. The first-order valence-corrected chi connectivity index (χ1v) is 6.10. The number of hydrogen-bond donors (Lipinski definition) is 1. The highest BCUT2D eigenvalue weighted by Gasteiger charge is 2.11. The first-order valence-electron chi connectivity index (χ1n) is 6.10. The van der Waals surface area contributed by atoms with Gasteiger partial charge in [-0.25, -0.2) is 15.0 Å². The van der Waals surface area contributed by atoms with E-state index in [-0.39, 0.29) is 11.4 Å². The first kappa shape index (κ1) is 12.8. The molecule has 0 saturated heterocycles. The lowest BCUT2D eigenvalue weighted by Crippen LogP contribution is -2.13. The van der Waals surface area contributed by atoms with E-state index in [1.54, 1.807) is 24.7 Å². The molecule has 0 radical (unpaired) electrons. The van der Waals surface area contributed by atoms with Crippen LogP contribution in [0.2, 0.25) is 0 Å². The van der Waals surface area contributed by atoms with Gasteiger partial charge in [0.15, 0.2) is 0 Å². The zero-order chi connectivity index (χ0) is 14.7. The monoisotopic (exact) mass is 281 g/mol. The highest BCUT2D eigenvalue weighted by atomic mass is 16.5. The van der Waals surface area contributed by atoms with E-state index in [0.717, 1.165) is 5.69 Å². The second-order valence-electron chi connectivity index (χ2n) is 4.17. The van der Waals surface area contributed by atoms with Crippen molar-refractivity contribution in [2.75, 3.05) is 0 Å². The molecule has 0 aliphatic carbocycles. The molecule has 104 valence electrons. The molecule has 2 N–H and O–H groups in total. The Hall–Kier alpha value is -3.22. The standard InChI is InChI=1S/C14H11N5O2/c15-13(20)12-7-17-8-18-14(12)21-11-3-1-10(2-4-11)19-6-5-16-9-19/h1-9H,(H2,15,20). The number of nitrogens with zero attached hydrogens (tertiary/aromatic N) is 4. The molecule has 0 bridgehead atoms. The van der Waals surface area contributed by atoms with Crippen LogP contribution in [0.25, 0.3) is 5.69 Å². The second-order valence-corrected chi connectivity index (χ2v) is 4.17.